The van der Waals surface area contributed by atoms with E-state index >= 15 is 0 Å². The lowest BCUT2D eigenvalue weighted by Crippen LogP contribution is -2.46. The Kier molecular flexibility index (Phi) is 8.00. The van der Waals surface area contributed by atoms with E-state index in [1.54, 1.807) is 44.2 Å². The number of anilines is 1. The molecule has 2 N–H and O–H groups in total. The maximum atomic E-state index is 14.7. The van der Waals surface area contributed by atoms with Gasteiger partial charge in [-0.1, -0.05) is 11.2 Å². The minimum atomic E-state index is -4.54. The van der Waals surface area contributed by atoms with Crippen LogP contribution in [-0.4, -0.2) is 64.0 Å². The van der Waals surface area contributed by atoms with Crippen molar-refractivity contribution >= 4 is 33.8 Å². The molecule has 42 heavy (non-hydrogen) atoms. The summed E-state index contributed by atoms with van der Waals surface area (Å²) in [6, 6.07) is 11.5. The van der Waals surface area contributed by atoms with Crippen molar-refractivity contribution in [3.05, 3.63) is 52.0 Å². The van der Waals surface area contributed by atoms with Crippen LogP contribution in [0.4, 0.5) is 23.2 Å². The second kappa shape index (κ2) is 11.4. The summed E-state index contributed by atoms with van der Waals surface area (Å²) in [6.07, 6.45) is -5.13. The number of nitrogens with one attached hydrogen (secondary N) is 2. The van der Waals surface area contributed by atoms with Crippen molar-refractivity contribution in [3.63, 3.8) is 0 Å². The second-order valence-electron chi connectivity index (χ2n) is 10.9. The number of alkyl halides is 4. The van der Waals surface area contributed by atoms with Gasteiger partial charge >= 0.3 is 6.18 Å². The molecule has 0 aliphatic carbocycles. The lowest BCUT2D eigenvalue weighted by molar-refractivity contribution is -0.139. The van der Waals surface area contributed by atoms with E-state index in [2.05, 4.69) is 26.8 Å². The summed E-state index contributed by atoms with van der Waals surface area (Å²) in [4.78, 5) is 19.9. The van der Waals surface area contributed by atoms with Gasteiger partial charge in [0, 0.05) is 29.0 Å². The van der Waals surface area contributed by atoms with Crippen molar-refractivity contribution in [2.24, 2.45) is 0 Å². The molecule has 1 saturated heterocycles. The zero-order valence-corrected chi connectivity index (χ0v) is 23.9. The molecule has 4 aromatic rings. The minimum absolute atomic E-state index is 0.00115. The van der Waals surface area contributed by atoms with E-state index in [9.17, 15) is 27.6 Å². The molecule has 0 bridgehead atoms. The molecule has 0 unspecified atom stereocenters. The summed E-state index contributed by atoms with van der Waals surface area (Å²) < 4.78 is 62.0. The van der Waals surface area contributed by atoms with Crippen LogP contribution in [-0.2, 0) is 18.5 Å². The molecule has 1 aliphatic rings. The van der Waals surface area contributed by atoms with Crippen LogP contribution in [0.25, 0.3) is 22.4 Å². The van der Waals surface area contributed by atoms with E-state index in [0.717, 1.165) is 9.44 Å². The maximum Gasteiger partial charge on any atom is 0.406 e. The molecule has 0 saturated carbocycles. The highest BCUT2D eigenvalue weighted by Gasteiger charge is 2.32. The Labute approximate surface area is 243 Å². The van der Waals surface area contributed by atoms with E-state index in [1.807, 2.05) is 11.9 Å². The first-order valence-corrected chi connectivity index (χ1v) is 14.1. The van der Waals surface area contributed by atoms with Gasteiger partial charge in [-0.3, -0.25) is 4.79 Å². The third kappa shape index (κ3) is 6.27. The number of nitrogens with zero attached hydrogens (tertiary/aromatic N) is 5. The number of carbonyl (C=O) groups is 1. The van der Waals surface area contributed by atoms with E-state index in [-0.39, 0.29) is 36.0 Å². The Balaban J connectivity index is 1.39. The number of fused-ring (bicyclic) bond motifs is 1. The van der Waals surface area contributed by atoms with Crippen LogP contribution in [0, 0.1) is 11.3 Å². The maximum absolute atomic E-state index is 14.7. The summed E-state index contributed by atoms with van der Waals surface area (Å²) in [7, 11) is 1.84. The predicted molar refractivity (Wildman–Crippen MR) is 150 cm³/mol. The van der Waals surface area contributed by atoms with E-state index in [4.69, 9.17) is 4.52 Å². The highest BCUT2D eigenvalue weighted by atomic mass is 32.1. The van der Waals surface area contributed by atoms with E-state index in [1.165, 1.54) is 17.4 Å². The van der Waals surface area contributed by atoms with Crippen molar-refractivity contribution < 1.29 is 26.9 Å². The molecular formula is C28H29F4N7O2S. The first-order chi connectivity index (χ1) is 19.8. The van der Waals surface area contributed by atoms with E-state index < -0.39 is 36.3 Å². The van der Waals surface area contributed by atoms with Crippen molar-refractivity contribution in [1.29, 1.82) is 5.26 Å². The van der Waals surface area contributed by atoms with Gasteiger partial charge in [-0.15, -0.1) is 11.3 Å². The molecule has 4 heterocycles. The molecule has 5 rings (SSSR count). The van der Waals surface area contributed by atoms with Gasteiger partial charge in [-0.05, 0) is 57.6 Å². The molecule has 14 heteroatoms. The Bertz CT molecular complexity index is 1630. The Hall–Kier alpha value is -3.96. The van der Waals surface area contributed by atoms with Gasteiger partial charge in [-0.2, -0.15) is 23.4 Å². The van der Waals surface area contributed by atoms with Gasteiger partial charge in [-0.25, -0.2) is 4.39 Å². The molecule has 2 atom stereocenters. The number of hydrogen-bond acceptors (Lipinski definition) is 8. The van der Waals surface area contributed by atoms with Crippen molar-refractivity contribution in [2.45, 2.75) is 57.2 Å². The van der Waals surface area contributed by atoms with Crippen molar-refractivity contribution in [1.82, 2.24) is 24.9 Å². The number of likely N-dealkylation sites (tertiary alicyclic amines) is 1. The standard InChI is InChI=1S/C28H29F4N7O2S/c1-27(2,14-33)23-8-7-22(42-23)26(40)34-12-24-36-25(37-41-24)21-11-16-18(35-19-9-10-38(3)13-17(19)29)5-4-6-20(16)39(21)15-28(30,31)32/h4-8,11,17,19,35H,9-10,12-13,15H2,1-3H3,(H,34,40)/t17-,19+/m0/s1. The molecule has 0 spiro atoms. The minimum Gasteiger partial charge on any atom is -0.379 e. The Morgan fingerprint density at radius 2 is 2.05 bits per heavy atom. The van der Waals surface area contributed by atoms with Crippen LogP contribution >= 0.6 is 11.3 Å². The van der Waals surface area contributed by atoms with Gasteiger partial charge in [0.2, 0.25) is 11.7 Å². The van der Waals surface area contributed by atoms with Crippen molar-refractivity contribution in [2.75, 3.05) is 25.5 Å². The molecule has 0 radical (unpaired) electrons. The third-order valence-corrected chi connectivity index (χ3v) is 8.60. The van der Waals surface area contributed by atoms with Crippen molar-refractivity contribution in [3.8, 4) is 17.6 Å². The quantitative estimate of drug-likeness (QED) is 0.256. The van der Waals surface area contributed by atoms with Gasteiger partial charge in [0.25, 0.3) is 5.91 Å². The number of halogens is 4. The number of piperidine rings is 1. The molecule has 1 amide bonds. The van der Waals surface area contributed by atoms with Gasteiger partial charge < -0.3 is 24.6 Å². The molecule has 1 aromatic carbocycles. The highest BCUT2D eigenvalue weighted by molar-refractivity contribution is 7.14. The fraction of sp³-hybridized carbons (Fsp3) is 0.429. The monoisotopic (exact) mass is 603 g/mol. The summed E-state index contributed by atoms with van der Waals surface area (Å²) in [5, 5.41) is 19.5. The Morgan fingerprint density at radius 3 is 2.76 bits per heavy atom. The van der Waals surface area contributed by atoms with Crippen LogP contribution in [0.5, 0.6) is 0 Å². The average molecular weight is 604 g/mol. The molecule has 3 aromatic heterocycles. The van der Waals surface area contributed by atoms with Crippen LogP contribution in [0.15, 0.2) is 40.9 Å². The number of hydrogen-bond donors (Lipinski definition) is 2. The van der Waals surface area contributed by atoms with Crippen LogP contribution in [0.1, 0.15) is 40.7 Å². The van der Waals surface area contributed by atoms with Gasteiger partial charge in [0.05, 0.1) is 40.2 Å². The third-order valence-electron chi connectivity index (χ3n) is 7.19. The Morgan fingerprint density at radius 1 is 1.26 bits per heavy atom. The topological polar surface area (TPSA) is 112 Å². The fourth-order valence-electron chi connectivity index (χ4n) is 4.89. The second-order valence-corrected chi connectivity index (χ2v) is 12.0. The summed E-state index contributed by atoms with van der Waals surface area (Å²) >= 11 is 1.19. The molecule has 1 aliphatic heterocycles. The SMILES string of the molecule is CN1CC[C@@H](Nc2cccc3c2cc(-c2noc(CNC(=O)c4ccc(C(C)(C)C#N)s4)n2)n3CC(F)(F)F)[C@@H](F)C1. The zero-order valence-electron chi connectivity index (χ0n) is 23.1. The smallest absolute Gasteiger partial charge is 0.379 e. The van der Waals surface area contributed by atoms with Crippen LogP contribution < -0.4 is 10.6 Å². The molecule has 1 fully saturated rings. The first kappa shape index (κ1) is 29.5. The van der Waals surface area contributed by atoms with Gasteiger partial charge in [0.15, 0.2) is 0 Å². The summed E-state index contributed by atoms with van der Waals surface area (Å²) in [5.41, 5.74) is 0.122. The number of amides is 1. The molecule has 222 valence electrons. The lowest BCUT2D eigenvalue weighted by atomic mass is 9.94. The summed E-state index contributed by atoms with van der Waals surface area (Å²) in [6.45, 7) is 3.02. The predicted octanol–water partition coefficient (Wildman–Crippen LogP) is 5.50. The normalized spacial score (nSPS) is 18.2. The highest BCUT2D eigenvalue weighted by Crippen LogP contribution is 2.35. The number of aromatic nitrogens is 3. The fourth-order valence-corrected chi connectivity index (χ4v) is 5.86. The number of nitriles is 1. The zero-order chi connectivity index (χ0) is 30.2. The summed E-state index contributed by atoms with van der Waals surface area (Å²) in [5.74, 6) is -0.495. The van der Waals surface area contributed by atoms with Gasteiger partial charge in [0.1, 0.15) is 12.7 Å². The van der Waals surface area contributed by atoms with E-state index in [0.29, 0.717) is 28.9 Å². The average Bonchev–Trinajstić information content (AvgIpc) is 3.68. The molecular weight excluding hydrogens is 574 g/mol. The number of benzene rings is 1. The number of thiophene rings is 1. The first-order valence-electron chi connectivity index (χ1n) is 13.3. The van der Waals surface area contributed by atoms with Crippen LogP contribution in [0.3, 0.4) is 0 Å². The molecule has 9 nitrogen and oxygen atoms in total. The lowest BCUT2D eigenvalue weighted by Gasteiger charge is -2.33. The number of rotatable bonds is 8. The number of carbonyl (C=O) groups excluding carboxylic acids is 1. The largest absolute Gasteiger partial charge is 0.406 e. The van der Waals surface area contributed by atoms with Crippen LogP contribution in [0.2, 0.25) is 0 Å².